The highest BCUT2D eigenvalue weighted by molar-refractivity contribution is 7.99. The number of aryl methyl sites for hydroxylation is 2. The summed E-state index contributed by atoms with van der Waals surface area (Å²) in [5, 5.41) is 0.792. The summed E-state index contributed by atoms with van der Waals surface area (Å²) in [6.07, 6.45) is 0. The summed E-state index contributed by atoms with van der Waals surface area (Å²) >= 11 is 1.33. The minimum absolute atomic E-state index is 0.230. The van der Waals surface area contributed by atoms with E-state index in [9.17, 15) is 4.39 Å². The number of hydrogen-bond donors (Lipinski definition) is 1. The van der Waals surface area contributed by atoms with Crippen molar-refractivity contribution in [3.8, 4) is 0 Å². The van der Waals surface area contributed by atoms with Crippen LogP contribution >= 0.6 is 11.8 Å². The van der Waals surface area contributed by atoms with E-state index >= 15 is 0 Å². The average molecular weight is 262 g/mol. The van der Waals surface area contributed by atoms with E-state index in [-0.39, 0.29) is 5.82 Å². The molecular weight excluding hydrogens is 247 g/mol. The maximum absolute atomic E-state index is 13.6. The van der Waals surface area contributed by atoms with E-state index in [1.165, 1.54) is 17.8 Å². The van der Waals surface area contributed by atoms with Crippen molar-refractivity contribution in [2.24, 2.45) is 5.73 Å². The standard InChI is InChI=1S/C14H15FN2S/c1-9-7-10(2)17-14(11(9)8-16)18-13-6-4-3-5-12(13)15/h3-7H,8,16H2,1-2H3. The molecule has 1 heterocycles. The molecule has 1 aromatic carbocycles. The molecule has 0 saturated carbocycles. The molecule has 1 aromatic heterocycles. The Bertz CT molecular complexity index is 570. The molecule has 0 aliphatic rings. The Kier molecular flexibility index (Phi) is 3.99. The summed E-state index contributed by atoms with van der Waals surface area (Å²) in [4.78, 5) is 5.03. The Hall–Kier alpha value is -1.39. The van der Waals surface area contributed by atoms with Gasteiger partial charge in [0.1, 0.15) is 10.8 Å². The number of nitrogens with zero attached hydrogens (tertiary/aromatic N) is 1. The fourth-order valence-corrected chi connectivity index (χ4v) is 2.87. The fourth-order valence-electron chi connectivity index (χ4n) is 1.79. The maximum atomic E-state index is 13.6. The van der Waals surface area contributed by atoms with Gasteiger partial charge in [-0.3, -0.25) is 0 Å². The highest BCUT2D eigenvalue weighted by Crippen LogP contribution is 2.32. The molecule has 0 fully saturated rings. The number of benzene rings is 1. The molecule has 2 aromatic rings. The van der Waals surface area contributed by atoms with E-state index in [1.54, 1.807) is 12.1 Å². The molecule has 0 bridgehead atoms. The predicted molar refractivity (Wildman–Crippen MR) is 72.1 cm³/mol. The van der Waals surface area contributed by atoms with Gasteiger partial charge < -0.3 is 5.73 Å². The van der Waals surface area contributed by atoms with Crippen molar-refractivity contribution in [1.82, 2.24) is 4.98 Å². The molecule has 18 heavy (non-hydrogen) atoms. The van der Waals surface area contributed by atoms with Crippen LogP contribution in [0.4, 0.5) is 4.39 Å². The van der Waals surface area contributed by atoms with E-state index < -0.39 is 0 Å². The molecule has 94 valence electrons. The first-order chi connectivity index (χ1) is 8.61. The zero-order valence-electron chi connectivity index (χ0n) is 10.4. The zero-order valence-corrected chi connectivity index (χ0v) is 11.2. The Morgan fingerprint density at radius 2 is 2.00 bits per heavy atom. The van der Waals surface area contributed by atoms with Crippen LogP contribution < -0.4 is 5.73 Å². The summed E-state index contributed by atoms with van der Waals surface area (Å²) in [6.45, 7) is 4.34. The highest BCUT2D eigenvalue weighted by Gasteiger charge is 2.11. The average Bonchev–Trinajstić information content (AvgIpc) is 2.31. The van der Waals surface area contributed by atoms with Crippen molar-refractivity contribution >= 4 is 11.8 Å². The molecule has 0 saturated heterocycles. The van der Waals surface area contributed by atoms with E-state index in [0.717, 1.165) is 21.8 Å². The SMILES string of the molecule is Cc1cc(C)c(CN)c(Sc2ccccc2F)n1. The number of nitrogens with two attached hydrogens (primary N) is 1. The number of hydrogen-bond acceptors (Lipinski definition) is 3. The zero-order chi connectivity index (χ0) is 13.1. The predicted octanol–water partition coefficient (Wildman–Crippen LogP) is 3.45. The first kappa shape index (κ1) is 13.1. The molecule has 0 radical (unpaired) electrons. The van der Waals surface area contributed by atoms with E-state index in [2.05, 4.69) is 4.98 Å². The molecule has 0 aliphatic heterocycles. The van der Waals surface area contributed by atoms with E-state index in [4.69, 9.17) is 5.73 Å². The number of aromatic nitrogens is 1. The van der Waals surface area contributed by atoms with Gasteiger partial charge in [-0.15, -0.1) is 0 Å². The number of pyridine rings is 1. The first-order valence-corrected chi connectivity index (χ1v) is 6.53. The first-order valence-electron chi connectivity index (χ1n) is 5.71. The van der Waals surface area contributed by atoms with Crippen molar-refractivity contribution in [3.05, 3.63) is 53.0 Å². The topological polar surface area (TPSA) is 38.9 Å². The van der Waals surface area contributed by atoms with Gasteiger partial charge in [-0.05, 0) is 37.6 Å². The fraction of sp³-hybridized carbons (Fsp3) is 0.214. The summed E-state index contributed by atoms with van der Waals surface area (Å²) in [5.74, 6) is -0.230. The van der Waals surface area contributed by atoms with Gasteiger partial charge >= 0.3 is 0 Å². The van der Waals surface area contributed by atoms with Crippen LogP contribution in [0.5, 0.6) is 0 Å². The van der Waals surface area contributed by atoms with Crippen LogP contribution in [-0.4, -0.2) is 4.98 Å². The molecular formula is C14H15FN2S. The van der Waals surface area contributed by atoms with Gasteiger partial charge in [-0.2, -0.15) is 0 Å². The van der Waals surface area contributed by atoms with Crippen molar-refractivity contribution in [3.63, 3.8) is 0 Å². The molecule has 0 aliphatic carbocycles. The van der Waals surface area contributed by atoms with Crippen LogP contribution in [0.2, 0.25) is 0 Å². The minimum atomic E-state index is -0.230. The smallest absolute Gasteiger partial charge is 0.137 e. The molecule has 2 rings (SSSR count). The second-order valence-corrected chi connectivity index (χ2v) is 5.13. The summed E-state index contributed by atoms with van der Waals surface area (Å²) < 4.78 is 13.6. The third kappa shape index (κ3) is 2.71. The van der Waals surface area contributed by atoms with Crippen LogP contribution in [0, 0.1) is 19.7 Å². The van der Waals surface area contributed by atoms with Crippen molar-refractivity contribution in [1.29, 1.82) is 0 Å². The monoisotopic (exact) mass is 262 g/mol. The lowest BCUT2D eigenvalue weighted by Crippen LogP contribution is -2.04. The Labute approximate surface area is 110 Å². The summed E-state index contributed by atoms with van der Waals surface area (Å²) in [5.41, 5.74) is 8.75. The molecule has 4 heteroatoms. The molecule has 2 N–H and O–H groups in total. The normalized spacial score (nSPS) is 10.7. The third-order valence-corrected chi connectivity index (χ3v) is 3.77. The summed E-state index contributed by atoms with van der Waals surface area (Å²) in [6, 6.07) is 8.69. The van der Waals surface area contributed by atoms with Gasteiger partial charge in [0.15, 0.2) is 0 Å². The Morgan fingerprint density at radius 3 is 2.67 bits per heavy atom. The quantitative estimate of drug-likeness (QED) is 0.920. The lowest BCUT2D eigenvalue weighted by Gasteiger charge is -2.11. The van der Waals surface area contributed by atoms with Crippen molar-refractivity contribution < 1.29 is 4.39 Å². The lowest BCUT2D eigenvalue weighted by molar-refractivity contribution is 0.602. The second kappa shape index (κ2) is 5.50. The molecule has 0 unspecified atom stereocenters. The second-order valence-electron chi connectivity index (χ2n) is 4.10. The maximum Gasteiger partial charge on any atom is 0.137 e. The number of halogens is 1. The van der Waals surface area contributed by atoms with Crippen LogP contribution in [-0.2, 0) is 6.54 Å². The minimum Gasteiger partial charge on any atom is -0.326 e. The molecule has 0 spiro atoms. The van der Waals surface area contributed by atoms with E-state index in [1.807, 2.05) is 26.0 Å². The van der Waals surface area contributed by atoms with Crippen molar-refractivity contribution in [2.45, 2.75) is 30.3 Å². The van der Waals surface area contributed by atoms with Gasteiger partial charge in [0.2, 0.25) is 0 Å². The molecule has 0 atom stereocenters. The number of rotatable bonds is 3. The van der Waals surface area contributed by atoms with Crippen LogP contribution in [0.25, 0.3) is 0 Å². The lowest BCUT2D eigenvalue weighted by atomic mass is 10.1. The summed E-state index contributed by atoms with van der Waals surface area (Å²) in [7, 11) is 0. The largest absolute Gasteiger partial charge is 0.326 e. The van der Waals surface area contributed by atoms with E-state index in [0.29, 0.717) is 11.4 Å². The Morgan fingerprint density at radius 1 is 1.28 bits per heavy atom. The molecule has 2 nitrogen and oxygen atoms in total. The van der Waals surface area contributed by atoms with Crippen LogP contribution in [0.15, 0.2) is 40.3 Å². The van der Waals surface area contributed by atoms with Gasteiger partial charge in [0, 0.05) is 22.7 Å². The molecule has 0 amide bonds. The van der Waals surface area contributed by atoms with Crippen LogP contribution in [0.3, 0.4) is 0 Å². The van der Waals surface area contributed by atoms with Gasteiger partial charge in [0.05, 0.1) is 0 Å². The van der Waals surface area contributed by atoms with Crippen LogP contribution in [0.1, 0.15) is 16.8 Å². The van der Waals surface area contributed by atoms with Gasteiger partial charge in [-0.1, -0.05) is 23.9 Å². The van der Waals surface area contributed by atoms with Gasteiger partial charge in [0.25, 0.3) is 0 Å². The Balaban J connectivity index is 2.43. The van der Waals surface area contributed by atoms with Crippen molar-refractivity contribution in [2.75, 3.05) is 0 Å². The third-order valence-electron chi connectivity index (χ3n) is 2.68. The highest BCUT2D eigenvalue weighted by atomic mass is 32.2. The van der Waals surface area contributed by atoms with Gasteiger partial charge in [-0.25, -0.2) is 9.37 Å².